The van der Waals surface area contributed by atoms with Gasteiger partial charge in [-0.25, -0.2) is 4.98 Å². The van der Waals surface area contributed by atoms with Gasteiger partial charge in [-0.05, 0) is 35.7 Å². The first-order chi connectivity index (χ1) is 14.7. The maximum Gasteiger partial charge on any atom is 0.224 e. The van der Waals surface area contributed by atoms with Crippen molar-refractivity contribution in [1.29, 1.82) is 0 Å². The third kappa shape index (κ3) is 4.97. The third-order valence-corrected chi connectivity index (χ3v) is 5.12. The number of amides is 1. The summed E-state index contributed by atoms with van der Waals surface area (Å²) in [6.07, 6.45) is 3.10. The quantitative estimate of drug-likeness (QED) is 0.392. The van der Waals surface area contributed by atoms with E-state index >= 15 is 0 Å². The Morgan fingerprint density at radius 3 is 2.50 bits per heavy atom. The van der Waals surface area contributed by atoms with Gasteiger partial charge in [-0.3, -0.25) is 4.79 Å². The fourth-order valence-corrected chi connectivity index (χ4v) is 3.49. The fraction of sp³-hybridized carbons (Fsp3) is 0.120. The van der Waals surface area contributed by atoms with Gasteiger partial charge >= 0.3 is 0 Å². The molecule has 0 fully saturated rings. The molecule has 4 nitrogen and oxygen atoms in total. The summed E-state index contributed by atoms with van der Waals surface area (Å²) in [5.41, 5.74) is 3.90. The SMILES string of the molecule is O=C(CCc1ncc(-c2ccccc2Cl)o1)Nc1ccccc1Cc1ccccc1. The van der Waals surface area contributed by atoms with Crippen molar-refractivity contribution in [1.82, 2.24) is 4.98 Å². The predicted molar refractivity (Wildman–Crippen MR) is 120 cm³/mol. The van der Waals surface area contributed by atoms with Crippen molar-refractivity contribution in [3.05, 3.63) is 107 Å². The van der Waals surface area contributed by atoms with E-state index in [9.17, 15) is 4.79 Å². The Balaban J connectivity index is 1.38. The number of aromatic nitrogens is 1. The number of oxazole rings is 1. The summed E-state index contributed by atoms with van der Waals surface area (Å²) in [5.74, 6) is 1.04. The summed E-state index contributed by atoms with van der Waals surface area (Å²) < 4.78 is 5.78. The molecule has 5 heteroatoms. The molecule has 0 aliphatic carbocycles. The Morgan fingerprint density at radius 2 is 1.67 bits per heavy atom. The molecule has 0 bridgehead atoms. The third-order valence-electron chi connectivity index (χ3n) is 4.79. The summed E-state index contributed by atoms with van der Waals surface area (Å²) >= 11 is 6.21. The lowest BCUT2D eigenvalue weighted by Crippen LogP contribution is -2.14. The Labute approximate surface area is 180 Å². The molecule has 0 unspecified atom stereocenters. The average molecular weight is 417 g/mol. The van der Waals surface area contributed by atoms with E-state index in [0.717, 1.165) is 23.2 Å². The number of carbonyl (C=O) groups excluding carboxylic acids is 1. The Kier molecular flexibility index (Phi) is 6.26. The maximum atomic E-state index is 12.5. The standard InChI is InChI=1S/C25H21ClN2O2/c26-21-12-6-5-11-20(21)23-17-27-25(30-23)15-14-24(29)28-22-13-7-4-10-19(22)16-18-8-2-1-3-9-18/h1-13,17H,14-16H2,(H,28,29). The molecule has 0 saturated carbocycles. The van der Waals surface area contributed by atoms with Crippen LogP contribution in [0.25, 0.3) is 11.3 Å². The highest BCUT2D eigenvalue weighted by atomic mass is 35.5. The van der Waals surface area contributed by atoms with Crippen LogP contribution in [0.3, 0.4) is 0 Å². The van der Waals surface area contributed by atoms with Gasteiger partial charge in [-0.2, -0.15) is 0 Å². The van der Waals surface area contributed by atoms with Gasteiger partial charge < -0.3 is 9.73 Å². The van der Waals surface area contributed by atoms with Crippen LogP contribution in [0.2, 0.25) is 5.02 Å². The molecule has 1 amide bonds. The lowest BCUT2D eigenvalue weighted by Gasteiger charge is -2.11. The zero-order valence-corrected chi connectivity index (χ0v) is 17.1. The number of carbonyl (C=O) groups is 1. The molecule has 0 atom stereocenters. The maximum absolute atomic E-state index is 12.5. The molecule has 1 heterocycles. The van der Waals surface area contributed by atoms with E-state index < -0.39 is 0 Å². The minimum absolute atomic E-state index is 0.0759. The Hall–Kier alpha value is -3.37. The van der Waals surface area contributed by atoms with Crippen molar-refractivity contribution in [2.75, 3.05) is 5.32 Å². The predicted octanol–water partition coefficient (Wildman–Crippen LogP) is 6.16. The van der Waals surface area contributed by atoms with Gasteiger partial charge in [0.25, 0.3) is 0 Å². The zero-order chi connectivity index (χ0) is 20.8. The van der Waals surface area contributed by atoms with E-state index in [2.05, 4.69) is 22.4 Å². The van der Waals surface area contributed by atoms with Crippen LogP contribution in [0.4, 0.5) is 5.69 Å². The largest absolute Gasteiger partial charge is 0.441 e. The summed E-state index contributed by atoms with van der Waals surface area (Å²) in [5, 5.41) is 3.62. The Morgan fingerprint density at radius 1 is 0.933 bits per heavy atom. The van der Waals surface area contributed by atoms with Crippen molar-refractivity contribution in [3.63, 3.8) is 0 Å². The van der Waals surface area contributed by atoms with E-state index in [1.165, 1.54) is 5.56 Å². The number of nitrogens with one attached hydrogen (secondary N) is 1. The second-order valence-corrected chi connectivity index (χ2v) is 7.37. The minimum atomic E-state index is -0.0759. The van der Waals surface area contributed by atoms with Crippen LogP contribution in [0.15, 0.2) is 89.5 Å². The van der Waals surface area contributed by atoms with Crippen molar-refractivity contribution < 1.29 is 9.21 Å². The van der Waals surface area contributed by atoms with Crippen LogP contribution in [0.1, 0.15) is 23.4 Å². The number of aryl methyl sites for hydroxylation is 1. The minimum Gasteiger partial charge on any atom is -0.441 e. The first-order valence-electron chi connectivity index (χ1n) is 9.80. The van der Waals surface area contributed by atoms with Gasteiger partial charge in [-0.15, -0.1) is 0 Å². The van der Waals surface area contributed by atoms with E-state index in [-0.39, 0.29) is 12.3 Å². The lowest BCUT2D eigenvalue weighted by molar-refractivity contribution is -0.116. The monoisotopic (exact) mass is 416 g/mol. The number of benzene rings is 3. The van der Waals surface area contributed by atoms with Crippen LogP contribution in [0.5, 0.6) is 0 Å². The van der Waals surface area contributed by atoms with Crippen molar-refractivity contribution in [2.45, 2.75) is 19.3 Å². The summed E-state index contributed by atoms with van der Waals surface area (Å²) in [6, 6.07) is 25.5. The number of hydrogen-bond acceptors (Lipinski definition) is 3. The van der Waals surface area contributed by atoms with E-state index in [1.54, 1.807) is 12.3 Å². The van der Waals surface area contributed by atoms with E-state index in [1.807, 2.05) is 60.7 Å². The number of rotatable bonds is 7. The molecule has 30 heavy (non-hydrogen) atoms. The highest BCUT2D eigenvalue weighted by Crippen LogP contribution is 2.28. The number of nitrogens with zero attached hydrogens (tertiary/aromatic N) is 1. The highest BCUT2D eigenvalue weighted by molar-refractivity contribution is 6.33. The second kappa shape index (κ2) is 9.42. The topological polar surface area (TPSA) is 55.1 Å². The Bertz CT molecular complexity index is 1140. The van der Waals surface area contributed by atoms with E-state index in [0.29, 0.717) is 23.1 Å². The summed E-state index contributed by atoms with van der Waals surface area (Å²) in [6.45, 7) is 0. The molecule has 0 aliphatic rings. The molecule has 0 aliphatic heterocycles. The van der Waals surface area contributed by atoms with Crippen molar-refractivity contribution in [2.24, 2.45) is 0 Å². The number of para-hydroxylation sites is 1. The molecule has 3 aromatic carbocycles. The summed E-state index contributed by atoms with van der Waals surface area (Å²) in [7, 11) is 0. The molecule has 0 saturated heterocycles. The molecule has 0 radical (unpaired) electrons. The van der Waals surface area contributed by atoms with Crippen LogP contribution < -0.4 is 5.32 Å². The number of halogens is 1. The highest BCUT2D eigenvalue weighted by Gasteiger charge is 2.12. The first kappa shape index (κ1) is 19.9. The number of hydrogen-bond donors (Lipinski definition) is 1. The fourth-order valence-electron chi connectivity index (χ4n) is 3.26. The van der Waals surface area contributed by atoms with Gasteiger partial charge in [0.05, 0.1) is 11.2 Å². The van der Waals surface area contributed by atoms with Crippen molar-refractivity contribution >= 4 is 23.2 Å². The lowest BCUT2D eigenvalue weighted by atomic mass is 10.0. The molecule has 4 aromatic rings. The van der Waals surface area contributed by atoms with Crippen LogP contribution in [-0.2, 0) is 17.6 Å². The first-order valence-corrected chi connectivity index (χ1v) is 10.2. The van der Waals surface area contributed by atoms with Gasteiger partial charge in [0, 0.05) is 24.1 Å². The zero-order valence-electron chi connectivity index (χ0n) is 16.3. The smallest absolute Gasteiger partial charge is 0.224 e. The average Bonchev–Trinajstić information content (AvgIpc) is 3.24. The second-order valence-electron chi connectivity index (χ2n) is 6.97. The normalized spacial score (nSPS) is 10.7. The van der Waals surface area contributed by atoms with Gasteiger partial charge in [0.15, 0.2) is 11.7 Å². The molecule has 150 valence electrons. The molecular formula is C25H21ClN2O2. The number of anilines is 1. The molecule has 4 rings (SSSR count). The van der Waals surface area contributed by atoms with Gasteiger partial charge in [0.2, 0.25) is 5.91 Å². The molecular weight excluding hydrogens is 396 g/mol. The van der Waals surface area contributed by atoms with Crippen LogP contribution in [-0.4, -0.2) is 10.9 Å². The van der Waals surface area contributed by atoms with Crippen LogP contribution >= 0.6 is 11.6 Å². The summed E-state index contributed by atoms with van der Waals surface area (Å²) in [4.78, 5) is 16.8. The van der Waals surface area contributed by atoms with E-state index in [4.69, 9.17) is 16.0 Å². The van der Waals surface area contributed by atoms with Gasteiger partial charge in [0.1, 0.15) is 0 Å². The van der Waals surface area contributed by atoms with Crippen LogP contribution in [0, 0.1) is 0 Å². The molecule has 1 N–H and O–H groups in total. The van der Waals surface area contributed by atoms with Gasteiger partial charge in [-0.1, -0.05) is 72.3 Å². The molecule has 0 spiro atoms. The van der Waals surface area contributed by atoms with Crippen molar-refractivity contribution in [3.8, 4) is 11.3 Å². The molecule has 1 aromatic heterocycles.